The Balaban J connectivity index is 1.63. The Morgan fingerprint density at radius 2 is 1.94 bits per heavy atom. The van der Waals surface area contributed by atoms with Crippen molar-refractivity contribution in [3.8, 4) is 0 Å². The molecule has 0 aliphatic heterocycles. The summed E-state index contributed by atoms with van der Waals surface area (Å²) in [7, 11) is 0. The van der Waals surface area contributed by atoms with Crippen molar-refractivity contribution in [3.63, 3.8) is 0 Å². The largest absolute Gasteiger partial charge is 0.313 e. The number of nitrogens with one attached hydrogen (secondary N) is 1. The second-order valence-corrected chi connectivity index (χ2v) is 6.48. The molecule has 1 nitrogen and oxygen atoms in total. The molecule has 1 aromatic carbocycles. The van der Waals surface area contributed by atoms with Gasteiger partial charge in [0, 0.05) is 23.2 Å². The SMILES string of the molecule is Cc1cccc(SCCNC2CCCCCC2)c1. The Hall–Kier alpha value is -0.470. The van der Waals surface area contributed by atoms with Crippen molar-refractivity contribution in [1.82, 2.24) is 5.32 Å². The molecule has 2 heteroatoms. The van der Waals surface area contributed by atoms with E-state index in [1.54, 1.807) is 0 Å². The van der Waals surface area contributed by atoms with Crippen LogP contribution >= 0.6 is 11.8 Å². The van der Waals surface area contributed by atoms with Gasteiger partial charge in [-0.15, -0.1) is 11.8 Å². The highest BCUT2D eigenvalue weighted by Gasteiger charge is 2.10. The molecule has 0 radical (unpaired) electrons. The number of benzene rings is 1. The maximum atomic E-state index is 3.73. The van der Waals surface area contributed by atoms with Crippen molar-refractivity contribution in [1.29, 1.82) is 0 Å². The van der Waals surface area contributed by atoms with Crippen LogP contribution in [0.15, 0.2) is 29.2 Å². The standard InChI is InChI=1S/C16H25NS/c1-14-7-6-10-16(13-14)18-12-11-17-15-8-4-2-3-5-9-15/h6-7,10,13,15,17H,2-5,8-9,11-12H2,1H3. The Labute approximate surface area is 116 Å². The van der Waals surface area contributed by atoms with Crippen molar-refractivity contribution >= 4 is 11.8 Å². The van der Waals surface area contributed by atoms with Gasteiger partial charge < -0.3 is 5.32 Å². The molecule has 18 heavy (non-hydrogen) atoms. The van der Waals surface area contributed by atoms with Crippen molar-refractivity contribution in [3.05, 3.63) is 29.8 Å². The molecule has 0 atom stereocenters. The molecule has 100 valence electrons. The van der Waals surface area contributed by atoms with Gasteiger partial charge in [0.25, 0.3) is 0 Å². The van der Waals surface area contributed by atoms with E-state index >= 15 is 0 Å². The van der Waals surface area contributed by atoms with Gasteiger partial charge in [0.15, 0.2) is 0 Å². The second-order valence-electron chi connectivity index (χ2n) is 5.31. The number of hydrogen-bond donors (Lipinski definition) is 1. The molecule has 1 aromatic rings. The van der Waals surface area contributed by atoms with E-state index in [0.29, 0.717) is 0 Å². The zero-order valence-electron chi connectivity index (χ0n) is 11.5. The van der Waals surface area contributed by atoms with Crippen LogP contribution in [0.3, 0.4) is 0 Å². The van der Waals surface area contributed by atoms with Gasteiger partial charge in [-0.05, 0) is 31.9 Å². The van der Waals surface area contributed by atoms with Crippen molar-refractivity contribution < 1.29 is 0 Å². The average Bonchev–Trinajstić information content (AvgIpc) is 2.63. The lowest BCUT2D eigenvalue weighted by atomic mass is 10.1. The van der Waals surface area contributed by atoms with Gasteiger partial charge in [-0.25, -0.2) is 0 Å². The van der Waals surface area contributed by atoms with Crippen LogP contribution in [0.25, 0.3) is 0 Å². The van der Waals surface area contributed by atoms with E-state index in [-0.39, 0.29) is 0 Å². The van der Waals surface area contributed by atoms with Crippen molar-refractivity contribution in [2.45, 2.75) is 56.4 Å². The Morgan fingerprint density at radius 3 is 2.67 bits per heavy atom. The van der Waals surface area contributed by atoms with Crippen LogP contribution in [0.5, 0.6) is 0 Å². The molecule has 1 saturated carbocycles. The first-order valence-electron chi connectivity index (χ1n) is 7.27. The van der Waals surface area contributed by atoms with Gasteiger partial charge >= 0.3 is 0 Å². The van der Waals surface area contributed by atoms with E-state index in [9.17, 15) is 0 Å². The van der Waals surface area contributed by atoms with E-state index in [1.807, 2.05) is 11.8 Å². The second kappa shape index (κ2) is 7.85. The zero-order chi connectivity index (χ0) is 12.6. The van der Waals surface area contributed by atoms with Crippen LogP contribution in [0, 0.1) is 6.92 Å². The van der Waals surface area contributed by atoms with Gasteiger partial charge in [0.1, 0.15) is 0 Å². The maximum Gasteiger partial charge on any atom is 0.0106 e. The van der Waals surface area contributed by atoms with Crippen LogP contribution in [-0.4, -0.2) is 18.3 Å². The summed E-state index contributed by atoms with van der Waals surface area (Å²) in [5, 5.41) is 3.73. The summed E-state index contributed by atoms with van der Waals surface area (Å²) in [6, 6.07) is 9.58. The first kappa shape index (κ1) is 14.0. The van der Waals surface area contributed by atoms with Gasteiger partial charge in [0.2, 0.25) is 0 Å². The fourth-order valence-electron chi connectivity index (χ4n) is 2.62. The average molecular weight is 263 g/mol. The highest BCUT2D eigenvalue weighted by atomic mass is 32.2. The van der Waals surface area contributed by atoms with Crippen LogP contribution in [-0.2, 0) is 0 Å². The third-order valence-corrected chi connectivity index (χ3v) is 4.64. The quantitative estimate of drug-likeness (QED) is 0.480. The summed E-state index contributed by atoms with van der Waals surface area (Å²) in [6.45, 7) is 3.30. The van der Waals surface area contributed by atoms with Crippen LogP contribution < -0.4 is 5.32 Å². The molecule has 2 rings (SSSR count). The normalized spacial score (nSPS) is 17.6. The predicted molar refractivity (Wildman–Crippen MR) is 81.4 cm³/mol. The molecule has 1 aliphatic rings. The Morgan fingerprint density at radius 1 is 1.17 bits per heavy atom. The summed E-state index contributed by atoms with van der Waals surface area (Å²) in [5.41, 5.74) is 1.36. The number of thioether (sulfide) groups is 1. The molecule has 0 unspecified atom stereocenters. The molecule has 0 spiro atoms. The fraction of sp³-hybridized carbons (Fsp3) is 0.625. The fourth-order valence-corrected chi connectivity index (χ4v) is 3.52. The minimum atomic E-state index is 0.783. The summed E-state index contributed by atoms with van der Waals surface area (Å²) < 4.78 is 0. The van der Waals surface area contributed by atoms with Gasteiger partial charge in [-0.3, -0.25) is 0 Å². The lowest BCUT2D eigenvalue weighted by Crippen LogP contribution is -2.30. The molecule has 0 heterocycles. The molecule has 1 N–H and O–H groups in total. The number of aryl methyl sites for hydroxylation is 1. The zero-order valence-corrected chi connectivity index (χ0v) is 12.3. The molecule has 0 bridgehead atoms. The smallest absolute Gasteiger partial charge is 0.0106 e. The van der Waals surface area contributed by atoms with Gasteiger partial charge in [-0.1, -0.05) is 43.4 Å². The topological polar surface area (TPSA) is 12.0 Å². The highest BCUT2D eigenvalue weighted by molar-refractivity contribution is 7.99. The first-order valence-corrected chi connectivity index (χ1v) is 8.26. The summed E-state index contributed by atoms with van der Waals surface area (Å²) in [5.74, 6) is 1.18. The minimum Gasteiger partial charge on any atom is -0.313 e. The van der Waals surface area contributed by atoms with E-state index < -0.39 is 0 Å². The molecule has 1 fully saturated rings. The molecule has 0 amide bonds. The van der Waals surface area contributed by atoms with E-state index in [4.69, 9.17) is 0 Å². The summed E-state index contributed by atoms with van der Waals surface area (Å²) in [6.07, 6.45) is 8.49. The number of hydrogen-bond acceptors (Lipinski definition) is 2. The van der Waals surface area contributed by atoms with E-state index in [2.05, 4.69) is 36.5 Å². The lowest BCUT2D eigenvalue weighted by molar-refractivity contribution is 0.474. The van der Waals surface area contributed by atoms with Gasteiger partial charge in [-0.2, -0.15) is 0 Å². The maximum absolute atomic E-state index is 3.73. The monoisotopic (exact) mass is 263 g/mol. The number of rotatable bonds is 5. The Bertz CT molecular complexity index is 343. The predicted octanol–water partition coefficient (Wildman–Crippen LogP) is 4.40. The first-order chi connectivity index (χ1) is 8.84. The summed E-state index contributed by atoms with van der Waals surface area (Å²) >= 11 is 1.97. The molecule has 1 aliphatic carbocycles. The van der Waals surface area contributed by atoms with E-state index in [1.165, 1.54) is 54.7 Å². The van der Waals surface area contributed by atoms with E-state index in [0.717, 1.165) is 12.6 Å². The van der Waals surface area contributed by atoms with Crippen molar-refractivity contribution in [2.75, 3.05) is 12.3 Å². The van der Waals surface area contributed by atoms with Crippen LogP contribution in [0.4, 0.5) is 0 Å². The molecule has 0 aromatic heterocycles. The Kier molecular flexibility index (Phi) is 6.09. The van der Waals surface area contributed by atoms with Crippen LogP contribution in [0.1, 0.15) is 44.1 Å². The molecule has 0 saturated heterocycles. The summed E-state index contributed by atoms with van der Waals surface area (Å²) in [4.78, 5) is 1.40. The lowest BCUT2D eigenvalue weighted by Gasteiger charge is -2.15. The van der Waals surface area contributed by atoms with Gasteiger partial charge in [0.05, 0.1) is 0 Å². The minimum absolute atomic E-state index is 0.783. The molecular weight excluding hydrogens is 238 g/mol. The third kappa shape index (κ3) is 5.03. The van der Waals surface area contributed by atoms with Crippen LogP contribution in [0.2, 0.25) is 0 Å². The third-order valence-electron chi connectivity index (χ3n) is 3.65. The van der Waals surface area contributed by atoms with Crippen molar-refractivity contribution in [2.24, 2.45) is 0 Å². The highest BCUT2D eigenvalue weighted by Crippen LogP contribution is 2.19. The molecular formula is C16H25NS.